The van der Waals surface area contributed by atoms with Crippen molar-refractivity contribution in [2.45, 2.75) is 6.92 Å². The van der Waals surface area contributed by atoms with Crippen LogP contribution in [0.4, 0.5) is 5.69 Å². The minimum Gasteiger partial charge on any atom is -0.377 e. The van der Waals surface area contributed by atoms with E-state index < -0.39 is 5.91 Å². The van der Waals surface area contributed by atoms with Gasteiger partial charge in [0.05, 0.1) is 5.69 Å². The molecule has 0 heterocycles. The van der Waals surface area contributed by atoms with Crippen molar-refractivity contribution in [2.75, 3.05) is 19.0 Å². The van der Waals surface area contributed by atoms with Gasteiger partial charge in [-0.25, -0.2) is 0 Å². The van der Waals surface area contributed by atoms with Crippen molar-refractivity contribution >= 4 is 11.6 Å². The maximum Gasteiger partial charge on any atom is 0.251 e. The maximum absolute atomic E-state index is 11.5. The minimum absolute atomic E-state index is 0.429. The van der Waals surface area contributed by atoms with E-state index in [0.29, 0.717) is 5.56 Å². The van der Waals surface area contributed by atoms with Gasteiger partial charge >= 0.3 is 0 Å². The van der Waals surface area contributed by atoms with Crippen LogP contribution in [-0.2, 0) is 0 Å². The molecule has 0 aromatic heterocycles. The number of amides is 1. The van der Waals surface area contributed by atoms with Crippen LogP contribution in [0.25, 0.3) is 10.4 Å². The smallest absolute Gasteiger partial charge is 0.251 e. The molecule has 0 atom stereocenters. The molecule has 0 aliphatic carbocycles. The highest BCUT2D eigenvalue weighted by atomic mass is 16.1. The summed E-state index contributed by atoms with van der Waals surface area (Å²) in [7, 11) is 3.68. The van der Waals surface area contributed by atoms with Crippen LogP contribution in [0.5, 0.6) is 0 Å². The van der Waals surface area contributed by atoms with Crippen LogP contribution in [0.2, 0.25) is 0 Å². The molecular formula is C10H12N4O. The van der Waals surface area contributed by atoms with Gasteiger partial charge in [0, 0.05) is 24.6 Å². The Labute approximate surface area is 87.9 Å². The lowest BCUT2D eigenvalue weighted by atomic mass is 10.1. The molecule has 0 saturated heterocycles. The van der Waals surface area contributed by atoms with E-state index in [1.807, 2.05) is 32.0 Å². The summed E-state index contributed by atoms with van der Waals surface area (Å²) in [5, 5.41) is 3.09. The highest BCUT2D eigenvalue weighted by Crippen LogP contribution is 2.23. The zero-order chi connectivity index (χ0) is 11.4. The van der Waals surface area contributed by atoms with Crippen LogP contribution in [-0.4, -0.2) is 20.0 Å². The molecule has 0 radical (unpaired) electrons. The Bertz CT molecular complexity index is 433. The second-order valence-electron chi connectivity index (χ2n) is 3.36. The molecule has 0 bridgehead atoms. The first-order valence-corrected chi connectivity index (χ1v) is 4.44. The molecule has 1 aromatic carbocycles. The zero-order valence-corrected chi connectivity index (χ0v) is 8.93. The van der Waals surface area contributed by atoms with E-state index >= 15 is 0 Å². The molecule has 0 aliphatic heterocycles. The number of hydrogen-bond acceptors (Lipinski definition) is 2. The predicted molar refractivity (Wildman–Crippen MR) is 59.0 cm³/mol. The molecule has 78 valence electrons. The van der Waals surface area contributed by atoms with E-state index in [1.54, 1.807) is 12.1 Å². The van der Waals surface area contributed by atoms with Gasteiger partial charge in [-0.3, -0.25) is 4.79 Å². The average molecular weight is 204 g/mol. The number of carbonyl (C=O) groups excluding carboxylic acids is 1. The van der Waals surface area contributed by atoms with Crippen LogP contribution in [0.3, 0.4) is 0 Å². The third kappa shape index (κ3) is 2.27. The summed E-state index contributed by atoms with van der Waals surface area (Å²) in [6.07, 6.45) is 0. The lowest BCUT2D eigenvalue weighted by molar-refractivity contribution is 0.100. The predicted octanol–water partition coefficient (Wildman–Crippen LogP) is 2.51. The third-order valence-electron chi connectivity index (χ3n) is 2.05. The van der Waals surface area contributed by atoms with Crippen LogP contribution in [0, 0.1) is 6.92 Å². The van der Waals surface area contributed by atoms with Gasteiger partial charge in [0.1, 0.15) is 0 Å². The van der Waals surface area contributed by atoms with Crippen LogP contribution >= 0.6 is 0 Å². The first-order chi connectivity index (χ1) is 7.07. The second-order valence-corrected chi connectivity index (χ2v) is 3.36. The number of aryl methyl sites for hydroxylation is 1. The summed E-state index contributed by atoms with van der Waals surface area (Å²) in [4.78, 5) is 15.8. The van der Waals surface area contributed by atoms with Gasteiger partial charge in [-0.2, -0.15) is 0 Å². The summed E-state index contributed by atoms with van der Waals surface area (Å²) in [5.74, 6) is -0.551. The lowest BCUT2D eigenvalue weighted by Crippen LogP contribution is -2.14. The van der Waals surface area contributed by atoms with Crippen molar-refractivity contribution in [2.24, 2.45) is 5.11 Å². The fourth-order valence-corrected chi connectivity index (χ4v) is 1.52. The van der Waals surface area contributed by atoms with Crippen molar-refractivity contribution < 1.29 is 4.79 Å². The van der Waals surface area contributed by atoms with E-state index in [-0.39, 0.29) is 0 Å². The Morgan fingerprint density at radius 1 is 1.47 bits per heavy atom. The minimum atomic E-state index is -0.551. The standard InChI is InChI=1S/C10H12N4O/c1-7-5-4-6-8(9(7)14(2)3)10(15)12-13-11/h4-6H,1-3H3. The quantitative estimate of drug-likeness (QED) is 0.422. The van der Waals surface area contributed by atoms with Gasteiger partial charge in [-0.15, -0.1) is 0 Å². The van der Waals surface area contributed by atoms with Crippen molar-refractivity contribution in [1.82, 2.24) is 0 Å². The van der Waals surface area contributed by atoms with Crippen LogP contribution in [0.1, 0.15) is 15.9 Å². The Balaban J connectivity index is 3.34. The van der Waals surface area contributed by atoms with Gasteiger partial charge in [-0.1, -0.05) is 12.1 Å². The second kappa shape index (κ2) is 4.48. The Morgan fingerprint density at radius 2 is 2.13 bits per heavy atom. The molecule has 1 aromatic rings. The van der Waals surface area contributed by atoms with E-state index in [9.17, 15) is 4.79 Å². The van der Waals surface area contributed by atoms with Crippen molar-refractivity contribution in [3.05, 3.63) is 39.8 Å². The van der Waals surface area contributed by atoms with E-state index in [4.69, 9.17) is 5.53 Å². The molecule has 0 aliphatic rings. The molecule has 0 saturated carbocycles. The number of azide groups is 1. The largest absolute Gasteiger partial charge is 0.377 e. The number of para-hydroxylation sites is 1. The van der Waals surface area contributed by atoms with Gasteiger partial charge < -0.3 is 4.90 Å². The van der Waals surface area contributed by atoms with Crippen LogP contribution in [0.15, 0.2) is 23.3 Å². The molecule has 5 nitrogen and oxygen atoms in total. The summed E-state index contributed by atoms with van der Waals surface area (Å²) in [6.45, 7) is 1.90. The monoisotopic (exact) mass is 204 g/mol. The first-order valence-electron chi connectivity index (χ1n) is 4.44. The number of nitrogens with zero attached hydrogens (tertiary/aromatic N) is 4. The summed E-state index contributed by atoms with van der Waals surface area (Å²) >= 11 is 0. The maximum atomic E-state index is 11.5. The number of hydrogen-bond donors (Lipinski definition) is 0. The van der Waals surface area contributed by atoms with Gasteiger partial charge in [0.2, 0.25) is 0 Å². The first kappa shape index (κ1) is 11.1. The molecule has 5 heteroatoms. The van der Waals surface area contributed by atoms with E-state index in [1.165, 1.54) is 0 Å². The normalized spacial score (nSPS) is 9.27. The van der Waals surface area contributed by atoms with E-state index in [0.717, 1.165) is 11.3 Å². The zero-order valence-electron chi connectivity index (χ0n) is 8.93. The average Bonchev–Trinajstić information content (AvgIpc) is 2.17. The fraction of sp³-hybridized carbons (Fsp3) is 0.300. The molecule has 15 heavy (non-hydrogen) atoms. The fourth-order valence-electron chi connectivity index (χ4n) is 1.52. The Kier molecular flexibility index (Phi) is 3.31. The number of benzene rings is 1. The van der Waals surface area contributed by atoms with Gasteiger partial charge in [0.15, 0.2) is 0 Å². The highest BCUT2D eigenvalue weighted by molar-refractivity contribution is 6.00. The lowest BCUT2D eigenvalue weighted by Gasteiger charge is -2.18. The summed E-state index contributed by atoms with van der Waals surface area (Å²) < 4.78 is 0. The molecule has 1 amide bonds. The van der Waals surface area contributed by atoms with Crippen molar-refractivity contribution in [1.29, 1.82) is 0 Å². The molecule has 1 rings (SSSR count). The Hall–Kier alpha value is -2.00. The van der Waals surface area contributed by atoms with Crippen molar-refractivity contribution in [3.8, 4) is 0 Å². The van der Waals surface area contributed by atoms with Gasteiger partial charge in [-0.05, 0) is 29.2 Å². The van der Waals surface area contributed by atoms with Gasteiger partial charge in [0.25, 0.3) is 5.91 Å². The highest BCUT2D eigenvalue weighted by Gasteiger charge is 2.12. The van der Waals surface area contributed by atoms with E-state index in [2.05, 4.69) is 10.0 Å². The number of rotatable bonds is 2. The molecule has 0 unspecified atom stereocenters. The topological polar surface area (TPSA) is 69.1 Å². The molecular weight excluding hydrogens is 192 g/mol. The van der Waals surface area contributed by atoms with Crippen LogP contribution < -0.4 is 4.90 Å². The molecule has 0 fully saturated rings. The SMILES string of the molecule is Cc1cccc(C(=O)N=[N+]=[N-])c1N(C)C. The Morgan fingerprint density at radius 3 is 2.67 bits per heavy atom. The molecule has 0 N–H and O–H groups in total. The third-order valence-corrected chi connectivity index (χ3v) is 2.05. The molecule has 0 spiro atoms. The number of anilines is 1. The summed E-state index contributed by atoms with van der Waals surface area (Å²) in [5.41, 5.74) is 10.4. The number of carbonyl (C=O) groups is 1. The summed E-state index contributed by atoms with van der Waals surface area (Å²) in [6, 6.07) is 5.32. The van der Waals surface area contributed by atoms with Crippen molar-refractivity contribution in [3.63, 3.8) is 0 Å².